The van der Waals surface area contributed by atoms with E-state index in [-0.39, 0.29) is 22.5 Å². The van der Waals surface area contributed by atoms with Gasteiger partial charge in [0.1, 0.15) is 0 Å². The van der Waals surface area contributed by atoms with Crippen molar-refractivity contribution in [1.29, 1.82) is 0 Å². The average molecular weight is 358 g/mol. The lowest BCUT2D eigenvalue weighted by atomic mass is 9.79. The first-order chi connectivity index (χ1) is 12.0. The van der Waals surface area contributed by atoms with E-state index < -0.39 is 12.5 Å². The van der Waals surface area contributed by atoms with E-state index in [0.29, 0.717) is 13.2 Å². The fraction of sp³-hybridized carbons (Fsp3) is 0.588. The van der Waals surface area contributed by atoms with E-state index in [2.05, 4.69) is 15.4 Å². The van der Waals surface area contributed by atoms with Crippen molar-refractivity contribution in [3.05, 3.63) is 23.8 Å². The van der Waals surface area contributed by atoms with Gasteiger partial charge in [-0.15, -0.1) is 0 Å². The highest BCUT2D eigenvalue weighted by Gasteiger charge is 2.33. The monoisotopic (exact) mass is 358 g/mol. The smallest absolute Gasteiger partial charge is 0.387 e. The molecular weight excluding hydrogens is 334 g/mol. The normalized spacial score (nSPS) is 16.5. The number of hydrogen-bond donors (Lipinski definition) is 2. The van der Waals surface area contributed by atoms with Crippen LogP contribution in [0.1, 0.15) is 23.2 Å². The van der Waals surface area contributed by atoms with E-state index in [4.69, 9.17) is 9.47 Å². The van der Waals surface area contributed by atoms with Gasteiger partial charge >= 0.3 is 6.61 Å². The Morgan fingerprint density at radius 2 is 2.04 bits per heavy atom. The molecule has 0 radical (unpaired) electrons. The molecular formula is C17H24F2N2O4. The number of carbonyl (C=O) groups is 1. The first-order valence-electron chi connectivity index (χ1n) is 8.11. The molecule has 2 rings (SSSR count). The average Bonchev–Trinajstić information content (AvgIpc) is 2.60. The van der Waals surface area contributed by atoms with Crippen molar-refractivity contribution in [1.82, 2.24) is 10.6 Å². The number of carbonyl (C=O) groups excluding carboxylic acids is 1. The molecule has 1 aromatic carbocycles. The molecule has 25 heavy (non-hydrogen) atoms. The standard InChI is InChI=1S/C17H24F2N2O4/c1-23-11-17(6-8-20-9-7-17)10-21-15(22)12-4-3-5-13(24-2)14(12)25-16(18)19/h3-5,16,20H,6-11H2,1-2H3,(H,21,22). The molecule has 0 aliphatic carbocycles. The number of methoxy groups -OCH3 is 2. The topological polar surface area (TPSA) is 68.8 Å². The molecule has 2 N–H and O–H groups in total. The van der Waals surface area contributed by atoms with Crippen molar-refractivity contribution in [2.75, 3.05) is 40.5 Å². The number of alkyl halides is 2. The molecule has 1 amide bonds. The van der Waals surface area contributed by atoms with Crippen LogP contribution < -0.4 is 20.1 Å². The zero-order valence-corrected chi connectivity index (χ0v) is 14.4. The Bertz CT molecular complexity index is 572. The molecule has 1 aliphatic rings. The second-order valence-electron chi connectivity index (χ2n) is 6.08. The van der Waals surface area contributed by atoms with Gasteiger partial charge in [-0.05, 0) is 38.1 Å². The van der Waals surface area contributed by atoms with Gasteiger partial charge in [0, 0.05) is 19.1 Å². The summed E-state index contributed by atoms with van der Waals surface area (Å²) in [6, 6.07) is 4.45. The van der Waals surface area contributed by atoms with Gasteiger partial charge in [-0.3, -0.25) is 4.79 Å². The molecule has 1 aromatic rings. The highest BCUT2D eigenvalue weighted by Crippen LogP contribution is 2.33. The van der Waals surface area contributed by atoms with E-state index in [9.17, 15) is 13.6 Å². The van der Waals surface area contributed by atoms with E-state index in [1.807, 2.05) is 0 Å². The summed E-state index contributed by atoms with van der Waals surface area (Å²) in [5.74, 6) is -0.659. The summed E-state index contributed by atoms with van der Waals surface area (Å²) in [4.78, 5) is 12.6. The molecule has 140 valence electrons. The second kappa shape index (κ2) is 8.96. The largest absolute Gasteiger partial charge is 0.493 e. The van der Waals surface area contributed by atoms with Crippen LogP contribution in [0.2, 0.25) is 0 Å². The Morgan fingerprint density at radius 3 is 2.64 bits per heavy atom. The number of amides is 1. The zero-order chi connectivity index (χ0) is 18.3. The molecule has 0 spiro atoms. The molecule has 8 heteroatoms. The molecule has 0 saturated carbocycles. The van der Waals surface area contributed by atoms with Crippen LogP contribution in [0.25, 0.3) is 0 Å². The van der Waals surface area contributed by atoms with Crippen LogP contribution in [-0.4, -0.2) is 53.0 Å². The van der Waals surface area contributed by atoms with Gasteiger partial charge in [-0.2, -0.15) is 8.78 Å². The van der Waals surface area contributed by atoms with E-state index in [0.717, 1.165) is 25.9 Å². The molecule has 6 nitrogen and oxygen atoms in total. The second-order valence-corrected chi connectivity index (χ2v) is 6.08. The fourth-order valence-electron chi connectivity index (χ4n) is 3.06. The van der Waals surface area contributed by atoms with Crippen LogP contribution in [0.5, 0.6) is 11.5 Å². The molecule has 0 atom stereocenters. The lowest BCUT2D eigenvalue weighted by Crippen LogP contribution is -2.47. The summed E-state index contributed by atoms with van der Waals surface area (Å²) in [6.45, 7) is -0.441. The van der Waals surface area contributed by atoms with Crippen molar-refractivity contribution >= 4 is 5.91 Å². The van der Waals surface area contributed by atoms with E-state index in [1.165, 1.54) is 19.2 Å². The predicted octanol–water partition coefficient (Wildman–Crippen LogP) is 2.04. The molecule has 0 bridgehead atoms. The fourth-order valence-corrected chi connectivity index (χ4v) is 3.06. The molecule has 1 saturated heterocycles. The number of rotatable bonds is 8. The highest BCUT2D eigenvalue weighted by atomic mass is 19.3. The third kappa shape index (κ3) is 5.02. The number of para-hydroxylation sites is 1. The predicted molar refractivity (Wildman–Crippen MR) is 88.4 cm³/mol. The maximum absolute atomic E-state index is 12.7. The summed E-state index contributed by atoms with van der Waals surface area (Å²) in [7, 11) is 2.96. The maximum atomic E-state index is 12.7. The maximum Gasteiger partial charge on any atom is 0.387 e. The van der Waals surface area contributed by atoms with Crippen molar-refractivity contribution in [2.24, 2.45) is 5.41 Å². The van der Waals surface area contributed by atoms with Gasteiger partial charge < -0.3 is 24.8 Å². The van der Waals surface area contributed by atoms with E-state index in [1.54, 1.807) is 13.2 Å². The van der Waals surface area contributed by atoms with Gasteiger partial charge in [-0.25, -0.2) is 0 Å². The number of hydrogen-bond acceptors (Lipinski definition) is 5. The van der Waals surface area contributed by atoms with Gasteiger partial charge in [0.25, 0.3) is 5.91 Å². The van der Waals surface area contributed by atoms with Crippen LogP contribution in [0.15, 0.2) is 18.2 Å². The van der Waals surface area contributed by atoms with Gasteiger partial charge in [0.15, 0.2) is 11.5 Å². The summed E-state index contributed by atoms with van der Waals surface area (Å²) in [5.41, 5.74) is -0.153. The Balaban J connectivity index is 2.14. The number of benzene rings is 1. The number of nitrogens with one attached hydrogen (secondary N) is 2. The molecule has 0 aromatic heterocycles. The number of ether oxygens (including phenoxy) is 3. The Hall–Kier alpha value is -1.93. The summed E-state index contributed by atoms with van der Waals surface area (Å²) in [5, 5.41) is 6.11. The molecule has 1 heterocycles. The molecule has 1 fully saturated rings. The molecule has 1 aliphatic heterocycles. The minimum absolute atomic E-state index is 0.0150. The third-order valence-corrected chi connectivity index (χ3v) is 4.39. The lowest BCUT2D eigenvalue weighted by Gasteiger charge is -2.37. The number of piperidine rings is 1. The van der Waals surface area contributed by atoms with Crippen LogP contribution in [-0.2, 0) is 4.74 Å². The first-order valence-corrected chi connectivity index (χ1v) is 8.11. The minimum atomic E-state index is -3.05. The van der Waals surface area contributed by atoms with Crippen LogP contribution in [0.3, 0.4) is 0 Å². The van der Waals surface area contributed by atoms with Crippen molar-refractivity contribution in [3.8, 4) is 11.5 Å². The van der Waals surface area contributed by atoms with E-state index >= 15 is 0 Å². The SMILES string of the molecule is COCC1(CNC(=O)c2cccc(OC)c2OC(F)F)CCNCC1. The third-order valence-electron chi connectivity index (χ3n) is 4.39. The summed E-state index contributed by atoms with van der Waals surface area (Å²) in [6.07, 6.45) is 1.72. The van der Waals surface area contributed by atoms with Crippen molar-refractivity contribution in [2.45, 2.75) is 19.5 Å². The zero-order valence-electron chi connectivity index (χ0n) is 14.4. The molecule has 0 unspecified atom stereocenters. The van der Waals surface area contributed by atoms with Crippen LogP contribution in [0, 0.1) is 5.41 Å². The van der Waals surface area contributed by atoms with Crippen LogP contribution in [0.4, 0.5) is 8.78 Å². The van der Waals surface area contributed by atoms with Crippen molar-refractivity contribution in [3.63, 3.8) is 0 Å². The van der Waals surface area contributed by atoms with Gasteiger partial charge in [0.05, 0.1) is 19.3 Å². The first kappa shape index (κ1) is 19.4. The Labute approximate surface area is 145 Å². The Morgan fingerprint density at radius 1 is 1.32 bits per heavy atom. The van der Waals surface area contributed by atoms with Crippen LogP contribution >= 0.6 is 0 Å². The van der Waals surface area contributed by atoms with Gasteiger partial charge in [-0.1, -0.05) is 6.07 Å². The highest BCUT2D eigenvalue weighted by molar-refractivity contribution is 5.97. The summed E-state index contributed by atoms with van der Waals surface area (Å²) < 4.78 is 40.2. The Kier molecular flexibility index (Phi) is 6.95. The quantitative estimate of drug-likeness (QED) is 0.744. The minimum Gasteiger partial charge on any atom is -0.493 e. The van der Waals surface area contributed by atoms with Crippen molar-refractivity contribution < 1.29 is 27.8 Å². The lowest BCUT2D eigenvalue weighted by molar-refractivity contribution is -0.0515. The summed E-state index contributed by atoms with van der Waals surface area (Å²) >= 11 is 0. The number of halogens is 2. The van der Waals surface area contributed by atoms with Gasteiger partial charge in [0.2, 0.25) is 0 Å².